The van der Waals surface area contributed by atoms with Crippen LogP contribution in [0.4, 0.5) is 0 Å². The van der Waals surface area contributed by atoms with Gasteiger partial charge in [0.25, 0.3) is 0 Å². The second-order valence-corrected chi connectivity index (χ2v) is 5.05. The van der Waals surface area contributed by atoms with Gasteiger partial charge in [-0.15, -0.1) is 0 Å². The van der Waals surface area contributed by atoms with Crippen LogP contribution in [0.5, 0.6) is 0 Å². The molecule has 0 unspecified atom stereocenters. The molecule has 136 valence electrons. The number of rotatable bonds is 14. The van der Waals surface area contributed by atoms with Crippen LogP contribution >= 0.6 is 24.4 Å². The topological polar surface area (TPSA) is 76.7 Å². The Bertz CT molecular complexity index is 483. The Morgan fingerprint density at radius 2 is 1.12 bits per heavy atom. The number of carbonyl (C=O) groups excluding carboxylic acids is 2. The van der Waals surface area contributed by atoms with Crippen molar-refractivity contribution < 1.29 is 19.3 Å². The van der Waals surface area contributed by atoms with Gasteiger partial charge in [0.05, 0.1) is 0 Å². The van der Waals surface area contributed by atoms with E-state index in [-0.39, 0.29) is 24.8 Å². The largest absolute Gasteiger partial charge is 0.344 e. The summed E-state index contributed by atoms with van der Waals surface area (Å²) in [6, 6.07) is 0. The number of hydrogen-bond acceptors (Lipinski definition) is 8. The Labute approximate surface area is 158 Å². The maximum absolute atomic E-state index is 11.4. The number of hydrogen-bond donors (Lipinski definition) is 2. The summed E-state index contributed by atoms with van der Waals surface area (Å²) >= 11 is 9.21. The van der Waals surface area contributed by atoms with E-state index in [0.717, 1.165) is 6.42 Å². The predicted octanol–water partition coefficient (Wildman–Crippen LogP) is 3.17. The lowest BCUT2D eigenvalue weighted by molar-refractivity contribution is -0.149. The van der Waals surface area contributed by atoms with Gasteiger partial charge in [-0.05, 0) is 25.0 Å². The minimum atomic E-state index is -0.359. The van der Waals surface area contributed by atoms with E-state index < -0.39 is 0 Å². The van der Waals surface area contributed by atoms with Gasteiger partial charge < -0.3 is 9.68 Å². The molecule has 0 heterocycles. The number of allylic oxidation sites excluding steroid dienone is 6. The van der Waals surface area contributed by atoms with Crippen LogP contribution in [0, 0.1) is 0 Å². The van der Waals surface area contributed by atoms with Crippen LogP contribution < -0.4 is 11.0 Å². The van der Waals surface area contributed by atoms with Crippen molar-refractivity contribution >= 4 is 47.1 Å². The Balaban J connectivity index is 3.55. The average Bonchev–Trinajstić information content (AvgIpc) is 2.60. The molecule has 0 atom stereocenters. The van der Waals surface area contributed by atoms with Crippen molar-refractivity contribution in [2.45, 2.75) is 32.1 Å². The van der Waals surface area contributed by atoms with Gasteiger partial charge in [0, 0.05) is 36.0 Å². The van der Waals surface area contributed by atoms with Gasteiger partial charge in [-0.3, -0.25) is 0 Å². The fourth-order valence-corrected chi connectivity index (χ4v) is 1.61. The minimum Gasteiger partial charge on any atom is -0.344 e. The highest BCUT2D eigenvalue weighted by Gasteiger charge is 2.04. The monoisotopic (exact) mass is 382 g/mol. The number of thiocarbonyl (C=S) groups is 2. The fraction of sp³-hybridized carbons (Fsp3) is 0.294. The molecule has 0 fully saturated rings. The molecule has 0 bridgehead atoms. The molecule has 0 aromatic rings. The lowest BCUT2D eigenvalue weighted by Gasteiger charge is -2.03. The Morgan fingerprint density at radius 1 is 0.680 bits per heavy atom. The molecular formula is C17H22N2O4S2. The first-order chi connectivity index (χ1) is 12.2. The second kappa shape index (κ2) is 18.0. The van der Waals surface area contributed by atoms with Crippen LogP contribution in [0.15, 0.2) is 48.9 Å². The maximum atomic E-state index is 11.4. The van der Waals surface area contributed by atoms with Crippen LogP contribution in [0.1, 0.15) is 32.1 Å². The summed E-state index contributed by atoms with van der Waals surface area (Å²) in [5, 5.41) is 2.94. The fourth-order valence-electron chi connectivity index (χ4n) is 1.43. The Kier molecular flexibility index (Phi) is 16.4. The lowest BCUT2D eigenvalue weighted by atomic mass is 10.1. The zero-order valence-electron chi connectivity index (χ0n) is 13.8. The molecule has 0 saturated carbocycles. The maximum Gasteiger partial charge on any atom is 0.332 e. The Morgan fingerprint density at radius 3 is 1.52 bits per heavy atom. The lowest BCUT2D eigenvalue weighted by Crippen LogP contribution is -2.14. The molecule has 0 saturated heterocycles. The highest BCUT2D eigenvalue weighted by molar-refractivity contribution is 7.79. The van der Waals surface area contributed by atoms with E-state index in [1.807, 2.05) is 0 Å². The number of unbranched alkanes of at least 4 members (excludes halogenated alkanes) is 2. The van der Waals surface area contributed by atoms with Crippen molar-refractivity contribution in [3.8, 4) is 0 Å². The molecule has 8 heteroatoms. The van der Waals surface area contributed by atoms with Crippen molar-refractivity contribution in [3.05, 3.63) is 48.9 Å². The van der Waals surface area contributed by atoms with E-state index in [1.165, 1.54) is 23.1 Å². The number of nitrogens with one attached hydrogen (secondary N) is 2. The van der Waals surface area contributed by atoms with Gasteiger partial charge in [-0.1, -0.05) is 55.2 Å². The van der Waals surface area contributed by atoms with Crippen LogP contribution in [-0.2, 0) is 19.3 Å². The zero-order chi connectivity index (χ0) is 18.6. The summed E-state index contributed by atoms with van der Waals surface area (Å²) in [6.07, 6.45) is 15.6. The van der Waals surface area contributed by atoms with Gasteiger partial charge >= 0.3 is 11.9 Å². The van der Waals surface area contributed by atoms with E-state index in [1.54, 1.807) is 36.5 Å². The normalized spacial score (nSPS) is 11.2. The third kappa shape index (κ3) is 17.9. The third-order valence-electron chi connectivity index (χ3n) is 2.54. The standard InChI is InChI=1S/C17H22N2O4S2/c20-16(22-18-12-6-2-8-14-24)10-4-1-5-11-17(21)23-19-13-7-3-9-15-25/h2-3,6-9,12-15,18-19H,1,4-5,10-11H2/b8-2-,9-3-,12-6-,13-7-. The van der Waals surface area contributed by atoms with Crippen molar-refractivity contribution in [2.24, 2.45) is 0 Å². The van der Waals surface area contributed by atoms with Gasteiger partial charge in [0.2, 0.25) is 0 Å². The quantitative estimate of drug-likeness (QED) is 0.156. The van der Waals surface area contributed by atoms with Gasteiger partial charge in [0.15, 0.2) is 0 Å². The number of carbonyl (C=O) groups is 2. The van der Waals surface area contributed by atoms with Gasteiger partial charge in [-0.2, -0.15) is 0 Å². The smallest absolute Gasteiger partial charge is 0.332 e. The summed E-state index contributed by atoms with van der Waals surface area (Å²) in [6.45, 7) is 0. The Hall–Kier alpha value is -2.32. The van der Waals surface area contributed by atoms with Crippen molar-refractivity contribution in [1.82, 2.24) is 11.0 Å². The first-order valence-corrected chi connectivity index (χ1v) is 8.59. The molecule has 0 aliphatic carbocycles. The highest BCUT2D eigenvalue weighted by Crippen LogP contribution is 2.04. The van der Waals surface area contributed by atoms with Crippen LogP contribution in [0.3, 0.4) is 0 Å². The molecule has 0 radical (unpaired) electrons. The summed E-state index contributed by atoms with van der Waals surface area (Å²) in [7, 11) is 0. The first-order valence-electron chi connectivity index (χ1n) is 7.65. The minimum absolute atomic E-state index is 0.277. The highest BCUT2D eigenvalue weighted by atomic mass is 32.1. The second-order valence-electron chi connectivity index (χ2n) is 4.50. The molecular weight excluding hydrogens is 360 g/mol. The molecule has 0 rings (SSSR count). The van der Waals surface area contributed by atoms with Crippen molar-refractivity contribution in [3.63, 3.8) is 0 Å². The molecule has 0 aromatic carbocycles. The van der Waals surface area contributed by atoms with Crippen LogP contribution in [0.2, 0.25) is 0 Å². The van der Waals surface area contributed by atoms with E-state index in [0.29, 0.717) is 12.8 Å². The van der Waals surface area contributed by atoms with Gasteiger partial charge in [-0.25, -0.2) is 20.5 Å². The van der Waals surface area contributed by atoms with E-state index in [2.05, 4.69) is 35.4 Å². The van der Waals surface area contributed by atoms with Gasteiger partial charge in [0.1, 0.15) is 0 Å². The molecule has 6 nitrogen and oxygen atoms in total. The molecule has 0 amide bonds. The zero-order valence-corrected chi connectivity index (χ0v) is 15.4. The van der Waals surface area contributed by atoms with Crippen LogP contribution in [0.25, 0.3) is 0 Å². The molecule has 0 aliphatic heterocycles. The average molecular weight is 383 g/mol. The van der Waals surface area contributed by atoms with E-state index >= 15 is 0 Å². The molecule has 0 spiro atoms. The molecule has 0 aliphatic rings. The summed E-state index contributed by atoms with van der Waals surface area (Å²) in [4.78, 5) is 32.3. The summed E-state index contributed by atoms with van der Waals surface area (Å²) < 4.78 is 0. The van der Waals surface area contributed by atoms with Crippen molar-refractivity contribution in [2.75, 3.05) is 0 Å². The summed E-state index contributed by atoms with van der Waals surface area (Å²) in [5.41, 5.74) is 4.83. The predicted molar refractivity (Wildman–Crippen MR) is 105 cm³/mol. The number of hydroxylamine groups is 2. The van der Waals surface area contributed by atoms with Crippen molar-refractivity contribution in [1.29, 1.82) is 0 Å². The summed E-state index contributed by atoms with van der Waals surface area (Å²) in [5.74, 6) is -0.718. The molecule has 25 heavy (non-hydrogen) atoms. The SMILES string of the molecule is O=C(CCCCCC(=O)ON/C=C\C=C/C=S)ON/C=C\C=C/C=S. The third-order valence-corrected chi connectivity index (χ3v) is 2.85. The van der Waals surface area contributed by atoms with E-state index in [9.17, 15) is 9.59 Å². The van der Waals surface area contributed by atoms with Crippen LogP contribution in [-0.4, -0.2) is 22.7 Å². The molecule has 0 aromatic heterocycles. The molecule has 2 N–H and O–H groups in total. The van der Waals surface area contributed by atoms with E-state index in [4.69, 9.17) is 9.68 Å². The first kappa shape index (κ1) is 22.7.